The Bertz CT molecular complexity index is 1770. The molecule has 3 aromatic carbocycles. The quantitative estimate of drug-likeness (QED) is 0.422. The van der Waals surface area contributed by atoms with Crippen molar-refractivity contribution in [3.05, 3.63) is 116 Å². The van der Waals surface area contributed by atoms with Gasteiger partial charge in [-0.15, -0.1) is 11.3 Å². The molecule has 0 radical (unpaired) electrons. The van der Waals surface area contributed by atoms with Gasteiger partial charge < -0.3 is 4.90 Å². The Balaban J connectivity index is 1.66. The van der Waals surface area contributed by atoms with E-state index in [4.69, 9.17) is 0 Å². The number of rotatable bonds is 3. The number of carbonyl (C=O) groups excluding carboxylic acids is 1. The van der Waals surface area contributed by atoms with Crippen LogP contribution in [0.2, 0.25) is 0 Å². The fourth-order valence-corrected chi connectivity index (χ4v) is 6.09. The molecule has 0 fully saturated rings. The Morgan fingerprint density at radius 2 is 1.46 bits per heavy atom. The molecule has 2 aliphatic rings. The Hall–Kier alpha value is -4.49. The number of nitrogens with zero attached hydrogens (tertiary/aromatic N) is 4. The Morgan fingerprint density at radius 3 is 2.16 bits per heavy atom. The molecular formula is C30H24N4O2S. The van der Waals surface area contributed by atoms with Gasteiger partial charge in [-0.25, -0.2) is 0 Å². The predicted molar refractivity (Wildman–Crippen MR) is 152 cm³/mol. The van der Waals surface area contributed by atoms with Crippen molar-refractivity contribution < 1.29 is 4.79 Å². The number of anilines is 2. The number of aromatic nitrogens is 1. The van der Waals surface area contributed by atoms with E-state index in [2.05, 4.69) is 29.1 Å². The van der Waals surface area contributed by atoms with Crippen LogP contribution in [-0.4, -0.2) is 22.7 Å². The third-order valence-electron chi connectivity index (χ3n) is 6.53. The average Bonchev–Trinajstić information content (AvgIpc) is 3.43. The van der Waals surface area contributed by atoms with Gasteiger partial charge in [0.1, 0.15) is 9.20 Å². The molecule has 0 atom stereocenters. The van der Waals surface area contributed by atoms with Crippen LogP contribution in [0.4, 0.5) is 11.4 Å². The van der Waals surface area contributed by atoms with Gasteiger partial charge in [0.15, 0.2) is 0 Å². The summed E-state index contributed by atoms with van der Waals surface area (Å²) in [4.78, 5) is 30.0. The number of hydrazone groups is 1. The SMILES string of the molecule is CCN1/C(=c2\s/c(=C3/C(=O)N(c4ccccc4)N=C3C)n(-c3ccccc3)c2=O)C=Cc2ccccc21. The van der Waals surface area contributed by atoms with Crippen molar-refractivity contribution >= 4 is 51.7 Å². The van der Waals surface area contributed by atoms with Crippen LogP contribution in [0.25, 0.3) is 23.0 Å². The van der Waals surface area contributed by atoms with Crippen LogP contribution in [-0.2, 0) is 4.79 Å². The first-order valence-electron chi connectivity index (χ1n) is 12.1. The monoisotopic (exact) mass is 504 g/mol. The summed E-state index contributed by atoms with van der Waals surface area (Å²) in [6.45, 7) is 4.59. The number of para-hydroxylation sites is 3. The molecular weight excluding hydrogens is 480 g/mol. The lowest BCUT2D eigenvalue weighted by Gasteiger charge is -2.28. The molecule has 4 aromatic rings. The smallest absolute Gasteiger partial charge is 0.283 e. The Morgan fingerprint density at radius 1 is 0.811 bits per heavy atom. The Kier molecular flexibility index (Phi) is 5.70. The van der Waals surface area contributed by atoms with Gasteiger partial charge in [-0.05, 0) is 55.8 Å². The van der Waals surface area contributed by atoms with Crippen molar-refractivity contribution in [2.45, 2.75) is 13.8 Å². The topological polar surface area (TPSA) is 57.9 Å². The first-order valence-corrected chi connectivity index (χ1v) is 13.0. The molecule has 0 saturated carbocycles. The summed E-state index contributed by atoms with van der Waals surface area (Å²) in [6.07, 6.45) is 4.04. The van der Waals surface area contributed by atoms with Crippen molar-refractivity contribution in [3.63, 3.8) is 0 Å². The Labute approximate surface area is 218 Å². The van der Waals surface area contributed by atoms with Crippen LogP contribution in [0.1, 0.15) is 19.4 Å². The highest BCUT2D eigenvalue weighted by atomic mass is 32.1. The van der Waals surface area contributed by atoms with E-state index in [1.165, 1.54) is 16.3 Å². The number of fused-ring (bicyclic) bond motifs is 1. The zero-order valence-electron chi connectivity index (χ0n) is 20.5. The van der Waals surface area contributed by atoms with Gasteiger partial charge in [-0.1, -0.05) is 60.7 Å². The molecule has 0 N–H and O–H groups in total. The highest BCUT2D eigenvalue weighted by Crippen LogP contribution is 2.30. The van der Waals surface area contributed by atoms with Gasteiger partial charge in [0.05, 0.1) is 28.4 Å². The van der Waals surface area contributed by atoms with E-state index in [1.807, 2.05) is 91.9 Å². The molecule has 37 heavy (non-hydrogen) atoms. The molecule has 0 saturated heterocycles. The van der Waals surface area contributed by atoms with Gasteiger partial charge in [-0.2, -0.15) is 10.1 Å². The maximum absolute atomic E-state index is 14.1. The third kappa shape index (κ3) is 3.75. The van der Waals surface area contributed by atoms with Crippen molar-refractivity contribution in [2.24, 2.45) is 5.10 Å². The lowest BCUT2D eigenvalue weighted by atomic mass is 10.1. The molecule has 2 aliphatic heterocycles. The van der Waals surface area contributed by atoms with Gasteiger partial charge in [0.25, 0.3) is 11.5 Å². The minimum atomic E-state index is -0.247. The second-order valence-electron chi connectivity index (χ2n) is 8.75. The molecule has 3 heterocycles. The predicted octanol–water partition coefficient (Wildman–Crippen LogP) is 4.13. The molecule has 0 aliphatic carbocycles. The van der Waals surface area contributed by atoms with E-state index in [0.29, 0.717) is 38.4 Å². The first kappa shape index (κ1) is 22.9. The molecule has 182 valence electrons. The van der Waals surface area contributed by atoms with Crippen LogP contribution >= 0.6 is 11.3 Å². The lowest BCUT2D eigenvalue weighted by molar-refractivity contribution is -0.112. The number of hydrogen-bond acceptors (Lipinski definition) is 5. The molecule has 0 spiro atoms. The van der Waals surface area contributed by atoms with Crippen molar-refractivity contribution in [1.29, 1.82) is 0 Å². The summed E-state index contributed by atoms with van der Waals surface area (Å²) in [5.74, 6) is -0.247. The van der Waals surface area contributed by atoms with Gasteiger partial charge >= 0.3 is 0 Å². The first-order chi connectivity index (χ1) is 18.1. The number of carbonyl (C=O) groups is 1. The number of likely N-dealkylation sites (N-methyl/N-ethyl adjacent to an activating group) is 1. The minimum absolute atomic E-state index is 0.157. The molecule has 6 rings (SSSR count). The highest BCUT2D eigenvalue weighted by Gasteiger charge is 2.32. The molecule has 0 bridgehead atoms. The summed E-state index contributed by atoms with van der Waals surface area (Å²) in [5.41, 5.74) is 5.24. The van der Waals surface area contributed by atoms with Crippen molar-refractivity contribution in [1.82, 2.24) is 4.57 Å². The molecule has 1 amide bonds. The fraction of sp³-hybridized carbons (Fsp3) is 0.100. The van der Waals surface area contributed by atoms with Crippen molar-refractivity contribution in [3.8, 4) is 5.69 Å². The van der Waals surface area contributed by atoms with Crippen LogP contribution in [0.15, 0.2) is 101 Å². The largest absolute Gasteiger partial charge is 0.340 e. The van der Waals surface area contributed by atoms with E-state index in [1.54, 1.807) is 4.57 Å². The maximum Gasteiger partial charge on any atom is 0.283 e. The normalized spacial score (nSPS) is 17.8. The minimum Gasteiger partial charge on any atom is -0.340 e. The van der Waals surface area contributed by atoms with Gasteiger partial charge in [-0.3, -0.25) is 14.2 Å². The van der Waals surface area contributed by atoms with Crippen LogP contribution in [0.3, 0.4) is 0 Å². The second-order valence-corrected chi connectivity index (χ2v) is 9.75. The summed E-state index contributed by atoms with van der Waals surface area (Å²) >= 11 is 1.34. The van der Waals surface area contributed by atoms with E-state index in [0.717, 1.165) is 16.9 Å². The fourth-order valence-electron chi connectivity index (χ4n) is 4.81. The number of hydrogen-bond donors (Lipinski definition) is 0. The zero-order valence-corrected chi connectivity index (χ0v) is 21.3. The summed E-state index contributed by atoms with van der Waals surface area (Å²) in [7, 11) is 0. The van der Waals surface area contributed by atoms with E-state index >= 15 is 0 Å². The van der Waals surface area contributed by atoms with Crippen LogP contribution in [0.5, 0.6) is 0 Å². The maximum atomic E-state index is 14.1. The van der Waals surface area contributed by atoms with E-state index in [9.17, 15) is 9.59 Å². The molecule has 6 nitrogen and oxygen atoms in total. The van der Waals surface area contributed by atoms with E-state index < -0.39 is 0 Å². The van der Waals surface area contributed by atoms with E-state index in [-0.39, 0.29) is 11.5 Å². The van der Waals surface area contributed by atoms with Gasteiger partial charge in [0.2, 0.25) is 0 Å². The van der Waals surface area contributed by atoms with Crippen LogP contribution in [0, 0.1) is 0 Å². The number of amides is 1. The number of benzene rings is 3. The van der Waals surface area contributed by atoms with Gasteiger partial charge in [0, 0.05) is 12.2 Å². The molecule has 1 aromatic heterocycles. The third-order valence-corrected chi connectivity index (χ3v) is 7.70. The molecule has 0 unspecified atom stereocenters. The number of thiazole rings is 1. The highest BCUT2D eigenvalue weighted by molar-refractivity contribution is 7.08. The molecule has 7 heteroatoms. The summed E-state index contributed by atoms with van der Waals surface area (Å²) in [5, 5.41) is 5.98. The average molecular weight is 505 g/mol. The van der Waals surface area contributed by atoms with Crippen LogP contribution < -0.4 is 24.7 Å². The zero-order chi connectivity index (χ0) is 25.5. The van der Waals surface area contributed by atoms with Crippen molar-refractivity contribution in [2.75, 3.05) is 16.5 Å². The second kappa shape index (κ2) is 9.19. The summed E-state index contributed by atoms with van der Waals surface area (Å²) < 4.78 is 2.81. The lowest BCUT2D eigenvalue weighted by Crippen LogP contribution is -2.36. The summed E-state index contributed by atoms with van der Waals surface area (Å²) in [6, 6.07) is 27.0. The standard InChI is InChI=1S/C30H24N4O2S/c1-3-32-24-17-11-10-12-21(24)18-19-25(32)27-29(36)33(22-13-6-4-7-14-22)30(37-27)26-20(2)31-34(28(26)35)23-15-8-5-9-16-23/h4-19H,3H2,1-2H3/b27-25-,30-26+.